The van der Waals surface area contributed by atoms with E-state index in [-0.39, 0.29) is 11.3 Å². The maximum Gasteiger partial charge on any atom is 0.211 e. The van der Waals surface area contributed by atoms with E-state index in [0.29, 0.717) is 66.3 Å². The van der Waals surface area contributed by atoms with E-state index in [2.05, 4.69) is 15.6 Å². The van der Waals surface area contributed by atoms with Gasteiger partial charge < -0.3 is 21.5 Å². The highest BCUT2D eigenvalue weighted by molar-refractivity contribution is 5.85. The molecule has 0 aliphatic carbocycles. The second-order valence-electron chi connectivity index (χ2n) is 10.2. The monoisotopic (exact) mass is 613 g/mol. The number of hydrogen-bond donors (Lipinski definition) is 4. The summed E-state index contributed by atoms with van der Waals surface area (Å²) in [5.74, 6) is 0.991. The van der Waals surface area contributed by atoms with Crippen molar-refractivity contribution in [2.45, 2.75) is 26.8 Å². The summed E-state index contributed by atoms with van der Waals surface area (Å²) in [6, 6.07) is 28.3. The molecule has 0 saturated heterocycles. The van der Waals surface area contributed by atoms with Crippen molar-refractivity contribution in [1.29, 1.82) is 0 Å². The van der Waals surface area contributed by atoms with Crippen LogP contribution in [0.5, 0.6) is 5.75 Å². The second kappa shape index (κ2) is 14.7. The minimum Gasteiger partial charge on any atom is -0.507 e. The van der Waals surface area contributed by atoms with Crippen molar-refractivity contribution >= 4 is 35.4 Å². The molecule has 0 fully saturated rings. The Balaban J connectivity index is 0.00000204. The average Bonchev–Trinajstić information content (AvgIpc) is 3.47. The number of imidazole rings is 1. The van der Waals surface area contributed by atoms with Crippen LogP contribution in [0.1, 0.15) is 35.3 Å². The lowest BCUT2D eigenvalue weighted by Crippen LogP contribution is -2.16. The van der Waals surface area contributed by atoms with Crippen LogP contribution in [0.2, 0.25) is 0 Å². The first-order valence-corrected chi connectivity index (χ1v) is 15.0. The first-order chi connectivity index (χ1) is 22.5. The number of carbonyl (C=O) groups is 2. The molecule has 0 spiro atoms. The molecule has 0 aliphatic heterocycles. The Morgan fingerprint density at radius 1 is 0.891 bits per heavy atom. The van der Waals surface area contributed by atoms with Gasteiger partial charge in [0.05, 0.1) is 16.8 Å². The standard InChI is InChI=1S/C34H29N7O3.C2H6/c35-32-28(5-2-15-37-32)33-40-30-13-12-29(24-3-1-4-26(18-24)38-21-43)39-34(30)41(33)27-10-7-23(8-11-27)19-36-16-14-22-6-9-25(20-42)31(44)17-22;1-2/h1-13,15,17-18,20-21,36,44H,14,16,19H2,(H2,35,37)(H,38,43);1-2H3. The molecule has 10 heteroatoms. The molecule has 6 aromatic rings. The minimum atomic E-state index is -0.00226. The number of fused-ring (bicyclic) bond motifs is 1. The zero-order valence-corrected chi connectivity index (χ0v) is 25.6. The fraction of sp³-hybridized carbons (Fsp3) is 0.139. The molecule has 3 aromatic carbocycles. The Hall–Kier alpha value is -5.87. The van der Waals surface area contributed by atoms with E-state index in [9.17, 15) is 14.7 Å². The Morgan fingerprint density at radius 3 is 2.43 bits per heavy atom. The van der Waals surface area contributed by atoms with Crippen LogP contribution < -0.4 is 16.4 Å². The number of benzene rings is 3. The fourth-order valence-corrected chi connectivity index (χ4v) is 5.06. The second-order valence-corrected chi connectivity index (χ2v) is 10.2. The summed E-state index contributed by atoms with van der Waals surface area (Å²) in [6.45, 7) is 5.35. The van der Waals surface area contributed by atoms with Gasteiger partial charge in [-0.1, -0.05) is 44.2 Å². The number of nitrogens with two attached hydrogens (primary N) is 1. The molecule has 0 atom stereocenters. The van der Waals surface area contributed by atoms with Crippen LogP contribution in [0.3, 0.4) is 0 Å². The van der Waals surface area contributed by atoms with Crippen molar-refractivity contribution in [3.8, 4) is 34.1 Å². The fourth-order valence-electron chi connectivity index (χ4n) is 5.06. The average molecular weight is 614 g/mol. The number of nitrogens with zero attached hydrogens (tertiary/aromatic N) is 4. The van der Waals surface area contributed by atoms with Gasteiger partial charge in [-0.05, 0) is 84.8 Å². The molecule has 6 rings (SSSR count). The number of aromatic nitrogens is 4. The SMILES string of the molecule is CC.Nc1ncccc1-c1nc2ccc(-c3cccc(NC=O)c3)nc2n1-c1ccc(CNCCc2ccc(C=O)c(O)c2)cc1. The number of phenols is 1. The Morgan fingerprint density at radius 2 is 1.70 bits per heavy atom. The molecule has 3 heterocycles. The maximum absolute atomic E-state index is 11.0. The highest BCUT2D eigenvalue weighted by Crippen LogP contribution is 2.32. The van der Waals surface area contributed by atoms with Gasteiger partial charge in [0.25, 0.3) is 0 Å². The summed E-state index contributed by atoms with van der Waals surface area (Å²) < 4.78 is 1.98. The number of nitrogens with one attached hydrogen (secondary N) is 2. The molecule has 1 amide bonds. The van der Waals surface area contributed by atoms with Crippen molar-refractivity contribution in [3.05, 3.63) is 114 Å². The van der Waals surface area contributed by atoms with Crippen LogP contribution in [0, 0.1) is 0 Å². The molecular weight excluding hydrogens is 578 g/mol. The van der Waals surface area contributed by atoms with E-state index in [1.807, 2.05) is 97.3 Å². The lowest BCUT2D eigenvalue weighted by Gasteiger charge is -2.12. The van der Waals surface area contributed by atoms with Gasteiger partial charge in [0, 0.05) is 29.7 Å². The number of amides is 1. The molecule has 0 unspecified atom stereocenters. The van der Waals surface area contributed by atoms with E-state index >= 15 is 0 Å². The van der Waals surface area contributed by atoms with E-state index < -0.39 is 0 Å². The van der Waals surface area contributed by atoms with Gasteiger partial charge in [0.15, 0.2) is 17.8 Å². The van der Waals surface area contributed by atoms with Crippen LogP contribution in [0.15, 0.2) is 97.2 Å². The lowest BCUT2D eigenvalue weighted by atomic mass is 10.1. The van der Waals surface area contributed by atoms with Crippen molar-refractivity contribution in [1.82, 2.24) is 24.8 Å². The number of aldehydes is 1. The topological polar surface area (TPSA) is 148 Å². The number of carbonyl (C=O) groups excluding carboxylic acids is 2. The summed E-state index contributed by atoms with van der Waals surface area (Å²) >= 11 is 0. The highest BCUT2D eigenvalue weighted by Gasteiger charge is 2.19. The van der Waals surface area contributed by atoms with Gasteiger partial charge in [-0.15, -0.1) is 0 Å². The smallest absolute Gasteiger partial charge is 0.211 e. The molecule has 232 valence electrons. The number of phenolic OH excluding ortho intramolecular Hbond substituents is 1. The van der Waals surface area contributed by atoms with E-state index in [1.54, 1.807) is 18.3 Å². The summed E-state index contributed by atoms with van der Waals surface area (Å²) in [5.41, 5.74) is 13.8. The molecule has 0 saturated carbocycles. The lowest BCUT2D eigenvalue weighted by molar-refractivity contribution is -0.105. The predicted molar refractivity (Wildman–Crippen MR) is 182 cm³/mol. The molecule has 3 aromatic heterocycles. The van der Waals surface area contributed by atoms with E-state index in [0.717, 1.165) is 28.1 Å². The molecular formula is C36H35N7O3. The number of pyridine rings is 2. The van der Waals surface area contributed by atoms with Gasteiger partial charge in [0.2, 0.25) is 6.41 Å². The zero-order chi connectivity index (χ0) is 32.5. The van der Waals surface area contributed by atoms with Crippen LogP contribution in [-0.2, 0) is 17.8 Å². The molecule has 0 bridgehead atoms. The van der Waals surface area contributed by atoms with Crippen molar-refractivity contribution in [3.63, 3.8) is 0 Å². The summed E-state index contributed by atoms with van der Waals surface area (Å²) in [5, 5.41) is 16.0. The predicted octanol–water partition coefficient (Wildman–Crippen LogP) is 6.18. The third-order valence-electron chi connectivity index (χ3n) is 7.30. The summed E-state index contributed by atoms with van der Waals surface area (Å²) in [4.78, 5) is 36.1. The number of anilines is 2. The molecule has 0 radical (unpaired) electrons. The van der Waals surface area contributed by atoms with Crippen LogP contribution in [0.25, 0.3) is 39.5 Å². The van der Waals surface area contributed by atoms with Crippen LogP contribution in [0.4, 0.5) is 11.5 Å². The molecule has 5 N–H and O–H groups in total. The third-order valence-corrected chi connectivity index (χ3v) is 7.30. The number of hydrogen-bond acceptors (Lipinski definition) is 8. The van der Waals surface area contributed by atoms with Gasteiger partial charge in [-0.2, -0.15) is 0 Å². The van der Waals surface area contributed by atoms with Gasteiger partial charge in [-0.3, -0.25) is 14.2 Å². The Labute approximate surface area is 267 Å². The molecule has 0 aliphatic rings. The van der Waals surface area contributed by atoms with E-state index in [1.165, 1.54) is 0 Å². The summed E-state index contributed by atoms with van der Waals surface area (Å²) in [6.07, 6.45) is 3.65. The van der Waals surface area contributed by atoms with Crippen molar-refractivity contribution in [2.24, 2.45) is 0 Å². The normalized spacial score (nSPS) is 10.7. The minimum absolute atomic E-state index is 0.00226. The van der Waals surface area contributed by atoms with Crippen LogP contribution in [-0.4, -0.2) is 43.9 Å². The summed E-state index contributed by atoms with van der Waals surface area (Å²) in [7, 11) is 0. The van der Waals surface area contributed by atoms with Gasteiger partial charge in [-0.25, -0.2) is 15.0 Å². The van der Waals surface area contributed by atoms with Gasteiger partial charge in [0.1, 0.15) is 17.1 Å². The Kier molecular flexibility index (Phi) is 10.1. The molecule has 10 nitrogen and oxygen atoms in total. The van der Waals surface area contributed by atoms with Crippen molar-refractivity contribution < 1.29 is 14.7 Å². The van der Waals surface area contributed by atoms with Gasteiger partial charge >= 0.3 is 0 Å². The Bertz CT molecular complexity index is 1970. The largest absolute Gasteiger partial charge is 0.507 e. The quantitative estimate of drug-likeness (QED) is 0.100. The maximum atomic E-state index is 11.0. The highest BCUT2D eigenvalue weighted by atomic mass is 16.3. The van der Waals surface area contributed by atoms with E-state index in [4.69, 9.17) is 15.7 Å². The molecule has 46 heavy (non-hydrogen) atoms. The number of rotatable bonds is 11. The number of nitrogen functional groups attached to an aromatic ring is 1. The van der Waals surface area contributed by atoms with Crippen LogP contribution >= 0.6 is 0 Å². The third kappa shape index (κ3) is 6.92. The zero-order valence-electron chi connectivity index (χ0n) is 25.6. The first-order valence-electron chi connectivity index (χ1n) is 15.0. The number of aromatic hydroxyl groups is 1. The first kappa shape index (κ1) is 31.6. The van der Waals surface area contributed by atoms with Crippen molar-refractivity contribution in [2.75, 3.05) is 17.6 Å².